The van der Waals surface area contributed by atoms with Crippen molar-refractivity contribution in [2.24, 2.45) is 5.92 Å². The number of hydrogen-bond donors (Lipinski definition) is 2. The Hall–Kier alpha value is -2.35. The normalized spacial score (nSPS) is 21.5. The molecule has 8 heteroatoms. The van der Waals surface area contributed by atoms with Crippen LogP contribution in [0, 0.1) is 11.7 Å². The molecule has 0 saturated carbocycles. The second-order valence-corrected chi connectivity index (χ2v) is 11.0. The predicted octanol–water partition coefficient (Wildman–Crippen LogP) is 6.87. The largest absolute Gasteiger partial charge is 0.378 e. The molecule has 0 radical (unpaired) electrons. The standard InChI is InChI=1S/C24H19BrClFN2O2S/c25-14-7-9-15(10-8-14)29-32(30,31)16-11-12-22-19(13-16)17-3-1-4-18(17)24(28-22)23-20(26)5-2-6-21(23)27/h1-3,5-13,17-18,24,28-29H,4H2/t17-,18+,24-/m0/s1. The van der Waals surface area contributed by atoms with Crippen LogP contribution in [0.5, 0.6) is 0 Å². The first-order valence-corrected chi connectivity index (χ1v) is 12.8. The first kappa shape index (κ1) is 21.5. The number of nitrogens with one attached hydrogen (secondary N) is 2. The summed E-state index contributed by atoms with van der Waals surface area (Å²) in [7, 11) is -3.77. The van der Waals surface area contributed by atoms with Crippen molar-refractivity contribution in [1.82, 2.24) is 0 Å². The highest BCUT2D eigenvalue weighted by Gasteiger charge is 2.40. The zero-order valence-corrected chi connectivity index (χ0v) is 19.9. The van der Waals surface area contributed by atoms with E-state index >= 15 is 0 Å². The van der Waals surface area contributed by atoms with Gasteiger partial charge in [0.25, 0.3) is 10.0 Å². The van der Waals surface area contributed by atoms with Gasteiger partial charge in [-0.15, -0.1) is 0 Å². The fourth-order valence-corrected chi connectivity index (χ4v) is 6.20. The second kappa shape index (κ2) is 8.21. The number of hydrogen-bond acceptors (Lipinski definition) is 3. The van der Waals surface area contributed by atoms with Gasteiger partial charge < -0.3 is 5.32 Å². The maximum absolute atomic E-state index is 14.7. The molecule has 32 heavy (non-hydrogen) atoms. The number of allylic oxidation sites excluding steroid dienone is 2. The number of benzene rings is 3. The lowest BCUT2D eigenvalue weighted by atomic mass is 9.77. The zero-order valence-electron chi connectivity index (χ0n) is 16.7. The molecule has 2 N–H and O–H groups in total. The van der Waals surface area contributed by atoms with E-state index in [1.165, 1.54) is 6.07 Å². The van der Waals surface area contributed by atoms with Crippen molar-refractivity contribution in [3.8, 4) is 0 Å². The molecule has 1 aliphatic carbocycles. The summed E-state index contributed by atoms with van der Waals surface area (Å²) in [5, 5.41) is 3.80. The lowest BCUT2D eigenvalue weighted by molar-refractivity contribution is 0.413. The topological polar surface area (TPSA) is 58.2 Å². The van der Waals surface area contributed by atoms with Crippen LogP contribution in [0.25, 0.3) is 0 Å². The summed E-state index contributed by atoms with van der Waals surface area (Å²) < 4.78 is 44.2. The number of anilines is 2. The van der Waals surface area contributed by atoms with Gasteiger partial charge in [0.15, 0.2) is 0 Å². The van der Waals surface area contributed by atoms with E-state index in [0.29, 0.717) is 16.3 Å². The molecule has 1 heterocycles. The van der Waals surface area contributed by atoms with Gasteiger partial charge >= 0.3 is 0 Å². The van der Waals surface area contributed by atoms with Crippen LogP contribution in [0.15, 0.2) is 82.2 Å². The van der Waals surface area contributed by atoms with Gasteiger partial charge in [0.2, 0.25) is 0 Å². The molecule has 0 bridgehead atoms. The van der Waals surface area contributed by atoms with E-state index in [-0.39, 0.29) is 28.6 Å². The smallest absolute Gasteiger partial charge is 0.261 e. The Morgan fingerprint density at radius 3 is 2.62 bits per heavy atom. The summed E-state index contributed by atoms with van der Waals surface area (Å²) in [4.78, 5) is 0.183. The Kier molecular flexibility index (Phi) is 5.51. The molecule has 0 fully saturated rings. The highest BCUT2D eigenvalue weighted by Crippen LogP contribution is 2.51. The van der Waals surface area contributed by atoms with Crippen molar-refractivity contribution in [1.29, 1.82) is 0 Å². The molecule has 0 amide bonds. The van der Waals surface area contributed by atoms with Crippen molar-refractivity contribution in [2.75, 3.05) is 10.0 Å². The second-order valence-electron chi connectivity index (χ2n) is 7.97. The van der Waals surface area contributed by atoms with Gasteiger partial charge in [-0.2, -0.15) is 0 Å². The minimum atomic E-state index is -3.77. The van der Waals surface area contributed by atoms with Crippen molar-refractivity contribution < 1.29 is 12.8 Å². The van der Waals surface area contributed by atoms with Crippen LogP contribution < -0.4 is 10.0 Å². The van der Waals surface area contributed by atoms with Crippen molar-refractivity contribution >= 4 is 48.9 Å². The van der Waals surface area contributed by atoms with Crippen molar-refractivity contribution in [2.45, 2.75) is 23.3 Å². The third-order valence-electron chi connectivity index (χ3n) is 6.05. The fourth-order valence-electron chi connectivity index (χ4n) is 4.57. The van der Waals surface area contributed by atoms with Gasteiger partial charge in [-0.25, -0.2) is 12.8 Å². The van der Waals surface area contributed by atoms with E-state index in [4.69, 9.17) is 11.6 Å². The Bertz CT molecular complexity index is 1310. The molecule has 0 spiro atoms. The summed E-state index contributed by atoms with van der Waals surface area (Å²) in [6, 6.07) is 16.3. The van der Waals surface area contributed by atoms with Crippen LogP contribution in [-0.4, -0.2) is 8.42 Å². The van der Waals surface area contributed by atoms with Gasteiger partial charge in [0.1, 0.15) is 5.82 Å². The Morgan fingerprint density at radius 1 is 1.09 bits per heavy atom. The third-order valence-corrected chi connectivity index (χ3v) is 8.29. The van der Waals surface area contributed by atoms with E-state index in [1.54, 1.807) is 54.6 Å². The van der Waals surface area contributed by atoms with Crippen LogP contribution in [0.3, 0.4) is 0 Å². The molecule has 3 aromatic rings. The first-order valence-electron chi connectivity index (χ1n) is 10.1. The maximum Gasteiger partial charge on any atom is 0.261 e. The number of halogens is 3. The lowest BCUT2D eigenvalue weighted by Gasteiger charge is -2.38. The molecule has 0 saturated heterocycles. The molecule has 2 aliphatic rings. The van der Waals surface area contributed by atoms with Crippen LogP contribution in [0.1, 0.15) is 29.5 Å². The summed E-state index contributed by atoms with van der Waals surface area (Å²) in [5.41, 5.74) is 2.60. The SMILES string of the molecule is O=S(=O)(Nc1ccc(Br)cc1)c1ccc2c(c1)[C@H]1C=CC[C@H]1[C@@H](c1c(F)cccc1Cl)N2. The minimum Gasteiger partial charge on any atom is -0.378 e. The predicted molar refractivity (Wildman–Crippen MR) is 129 cm³/mol. The summed E-state index contributed by atoms with van der Waals surface area (Å²) >= 11 is 9.71. The molecular weight excluding hydrogens is 515 g/mol. The molecule has 0 unspecified atom stereocenters. The van der Waals surface area contributed by atoms with Crippen molar-refractivity contribution in [3.05, 3.63) is 99.3 Å². The first-order chi connectivity index (χ1) is 15.3. The average Bonchev–Trinajstić information content (AvgIpc) is 3.25. The third kappa shape index (κ3) is 3.83. The Labute approximate surface area is 199 Å². The Morgan fingerprint density at radius 2 is 1.88 bits per heavy atom. The number of sulfonamides is 1. The van der Waals surface area contributed by atoms with Crippen LogP contribution in [0.4, 0.5) is 15.8 Å². The lowest BCUT2D eigenvalue weighted by Crippen LogP contribution is -2.30. The average molecular weight is 534 g/mol. The van der Waals surface area contributed by atoms with Gasteiger partial charge in [0.05, 0.1) is 10.9 Å². The van der Waals surface area contributed by atoms with Crippen LogP contribution >= 0.6 is 27.5 Å². The molecule has 0 aromatic heterocycles. The summed E-state index contributed by atoms with van der Waals surface area (Å²) in [6.45, 7) is 0. The fraction of sp³-hybridized carbons (Fsp3) is 0.167. The molecule has 3 aromatic carbocycles. The highest BCUT2D eigenvalue weighted by atomic mass is 79.9. The molecular formula is C24H19BrClFN2O2S. The van der Waals surface area contributed by atoms with Crippen molar-refractivity contribution in [3.63, 3.8) is 0 Å². The van der Waals surface area contributed by atoms with Crippen LogP contribution in [0.2, 0.25) is 5.02 Å². The number of rotatable bonds is 4. The Balaban J connectivity index is 1.51. The van der Waals surface area contributed by atoms with Gasteiger partial charge in [-0.05, 0) is 72.5 Å². The molecule has 5 rings (SSSR count). The minimum absolute atomic E-state index is 0.0326. The molecule has 4 nitrogen and oxygen atoms in total. The van der Waals surface area contributed by atoms with Gasteiger partial charge in [0, 0.05) is 32.4 Å². The van der Waals surface area contributed by atoms with Crippen LogP contribution in [-0.2, 0) is 10.0 Å². The van der Waals surface area contributed by atoms with E-state index in [1.807, 2.05) is 0 Å². The van der Waals surface area contributed by atoms with E-state index in [9.17, 15) is 12.8 Å². The van der Waals surface area contributed by atoms with E-state index in [0.717, 1.165) is 22.1 Å². The molecule has 3 atom stereocenters. The summed E-state index contributed by atoms with van der Waals surface area (Å²) in [6.07, 6.45) is 4.89. The van der Waals surface area contributed by atoms with Gasteiger partial charge in [-0.3, -0.25) is 4.72 Å². The number of fused-ring (bicyclic) bond motifs is 3. The quantitative estimate of drug-likeness (QED) is 0.360. The molecule has 164 valence electrons. The van der Waals surface area contributed by atoms with E-state index in [2.05, 4.69) is 38.1 Å². The summed E-state index contributed by atoms with van der Waals surface area (Å²) in [5.74, 6) is -0.342. The monoisotopic (exact) mass is 532 g/mol. The maximum atomic E-state index is 14.7. The van der Waals surface area contributed by atoms with Gasteiger partial charge in [-0.1, -0.05) is 45.7 Å². The highest BCUT2D eigenvalue weighted by molar-refractivity contribution is 9.10. The van der Waals surface area contributed by atoms with E-state index < -0.39 is 10.0 Å². The molecule has 1 aliphatic heterocycles. The zero-order chi connectivity index (χ0) is 22.5.